The number of carbonyl (C=O) groups is 2. The maximum Gasteiger partial charge on any atom is 0.220 e. The molecule has 1 saturated carbocycles. The summed E-state index contributed by atoms with van der Waals surface area (Å²) in [5, 5.41) is 2.94. The second-order valence-electron chi connectivity index (χ2n) is 8.29. The standard InChI is InChI=1S/C17H31NO2/c1-12(19)15(16(2,3)4)18-14(20)11-13-7-9-17(5,6)10-8-13/h13,15H,7-11H2,1-6H3,(H,18,20). The Morgan fingerprint density at radius 2 is 1.70 bits per heavy atom. The molecule has 1 aliphatic rings. The van der Waals surface area contributed by atoms with Crippen molar-refractivity contribution in [2.75, 3.05) is 0 Å². The van der Waals surface area contributed by atoms with Gasteiger partial charge in [0.2, 0.25) is 5.91 Å². The van der Waals surface area contributed by atoms with Gasteiger partial charge in [0.25, 0.3) is 0 Å². The molecule has 0 saturated heterocycles. The zero-order valence-corrected chi connectivity index (χ0v) is 14.0. The predicted octanol–water partition coefficient (Wildman–Crippen LogP) is 3.71. The lowest BCUT2D eigenvalue weighted by Gasteiger charge is -2.35. The molecule has 0 spiro atoms. The van der Waals surface area contributed by atoms with Gasteiger partial charge < -0.3 is 5.32 Å². The molecule has 1 amide bonds. The summed E-state index contributed by atoms with van der Waals surface area (Å²) in [6, 6.07) is -0.380. The minimum atomic E-state index is -0.380. The van der Waals surface area contributed by atoms with Gasteiger partial charge in [-0.25, -0.2) is 0 Å². The molecule has 0 aliphatic heterocycles. The fraction of sp³-hybridized carbons (Fsp3) is 0.882. The molecule has 1 atom stereocenters. The van der Waals surface area contributed by atoms with Gasteiger partial charge in [-0.2, -0.15) is 0 Å². The minimum Gasteiger partial charge on any atom is -0.346 e. The van der Waals surface area contributed by atoms with Crippen LogP contribution in [0.3, 0.4) is 0 Å². The zero-order chi connectivity index (χ0) is 15.6. The van der Waals surface area contributed by atoms with E-state index in [4.69, 9.17) is 0 Å². The van der Waals surface area contributed by atoms with Crippen LogP contribution in [0.25, 0.3) is 0 Å². The van der Waals surface area contributed by atoms with Gasteiger partial charge >= 0.3 is 0 Å². The maximum absolute atomic E-state index is 12.2. The molecule has 1 fully saturated rings. The number of Topliss-reactive ketones (excluding diaryl/α,β-unsaturated/α-hetero) is 1. The summed E-state index contributed by atoms with van der Waals surface area (Å²) in [4.78, 5) is 23.9. The van der Waals surface area contributed by atoms with Crippen molar-refractivity contribution in [3.05, 3.63) is 0 Å². The lowest BCUT2D eigenvalue weighted by Crippen LogP contribution is -2.48. The van der Waals surface area contributed by atoms with Crippen LogP contribution in [0.2, 0.25) is 0 Å². The van der Waals surface area contributed by atoms with Gasteiger partial charge in [0.05, 0.1) is 6.04 Å². The van der Waals surface area contributed by atoms with Crippen LogP contribution in [0.5, 0.6) is 0 Å². The zero-order valence-electron chi connectivity index (χ0n) is 14.0. The summed E-state index contributed by atoms with van der Waals surface area (Å²) >= 11 is 0. The monoisotopic (exact) mass is 281 g/mol. The molecule has 0 aromatic carbocycles. The SMILES string of the molecule is CC(=O)C(NC(=O)CC1CCC(C)(C)CC1)C(C)(C)C. The first-order valence-electron chi connectivity index (χ1n) is 7.81. The van der Waals surface area contributed by atoms with E-state index in [1.165, 1.54) is 12.8 Å². The Morgan fingerprint density at radius 1 is 1.20 bits per heavy atom. The number of rotatable bonds is 4. The molecule has 0 bridgehead atoms. The average Bonchev–Trinajstić information content (AvgIpc) is 2.27. The normalized spacial score (nSPS) is 21.3. The molecule has 20 heavy (non-hydrogen) atoms. The number of nitrogens with one attached hydrogen (secondary N) is 1. The third-order valence-corrected chi connectivity index (χ3v) is 4.51. The van der Waals surface area contributed by atoms with E-state index >= 15 is 0 Å². The van der Waals surface area contributed by atoms with E-state index in [1.54, 1.807) is 6.92 Å². The number of hydrogen-bond donors (Lipinski definition) is 1. The van der Waals surface area contributed by atoms with Gasteiger partial charge in [0.1, 0.15) is 0 Å². The van der Waals surface area contributed by atoms with Crippen molar-refractivity contribution in [1.82, 2.24) is 5.32 Å². The van der Waals surface area contributed by atoms with Gasteiger partial charge in [-0.1, -0.05) is 34.6 Å². The summed E-state index contributed by atoms with van der Waals surface area (Å²) in [6.45, 7) is 12.1. The van der Waals surface area contributed by atoms with Crippen LogP contribution in [0.4, 0.5) is 0 Å². The van der Waals surface area contributed by atoms with E-state index < -0.39 is 0 Å². The van der Waals surface area contributed by atoms with Crippen molar-refractivity contribution in [3.63, 3.8) is 0 Å². The highest BCUT2D eigenvalue weighted by Gasteiger charge is 2.32. The first kappa shape index (κ1) is 17.2. The number of carbonyl (C=O) groups excluding carboxylic acids is 2. The lowest BCUT2D eigenvalue weighted by molar-refractivity contribution is -0.130. The first-order valence-corrected chi connectivity index (χ1v) is 7.81. The Morgan fingerprint density at radius 3 is 2.10 bits per heavy atom. The molecule has 3 nitrogen and oxygen atoms in total. The molecular formula is C17H31NO2. The molecule has 0 radical (unpaired) electrons. The van der Waals surface area contributed by atoms with E-state index in [0.29, 0.717) is 17.8 Å². The van der Waals surface area contributed by atoms with Crippen molar-refractivity contribution < 1.29 is 9.59 Å². The van der Waals surface area contributed by atoms with Gasteiger partial charge in [-0.15, -0.1) is 0 Å². The van der Waals surface area contributed by atoms with E-state index in [-0.39, 0.29) is 23.1 Å². The summed E-state index contributed by atoms with van der Waals surface area (Å²) in [6.07, 6.45) is 5.21. The maximum atomic E-state index is 12.2. The molecule has 1 rings (SSSR count). The fourth-order valence-electron chi connectivity index (χ4n) is 3.07. The van der Waals surface area contributed by atoms with Crippen LogP contribution < -0.4 is 5.32 Å². The highest BCUT2D eigenvalue weighted by atomic mass is 16.2. The lowest BCUT2D eigenvalue weighted by atomic mass is 9.72. The minimum absolute atomic E-state index is 0.0323. The molecule has 116 valence electrons. The van der Waals surface area contributed by atoms with Crippen LogP contribution in [-0.4, -0.2) is 17.7 Å². The number of amides is 1. The highest BCUT2D eigenvalue weighted by molar-refractivity contribution is 5.88. The Bertz CT molecular complexity index is 356. The van der Waals surface area contributed by atoms with Gasteiger partial charge in [0.15, 0.2) is 5.78 Å². The van der Waals surface area contributed by atoms with E-state index in [0.717, 1.165) is 12.8 Å². The quantitative estimate of drug-likeness (QED) is 0.853. The van der Waals surface area contributed by atoms with E-state index in [9.17, 15) is 9.59 Å². The fourth-order valence-corrected chi connectivity index (χ4v) is 3.07. The molecule has 3 heteroatoms. The molecule has 1 unspecified atom stereocenters. The van der Waals surface area contributed by atoms with Crippen LogP contribution in [0, 0.1) is 16.7 Å². The Labute approximate surface area is 123 Å². The molecule has 0 heterocycles. The number of ketones is 1. The average molecular weight is 281 g/mol. The Kier molecular flexibility index (Phi) is 5.39. The summed E-state index contributed by atoms with van der Waals surface area (Å²) in [7, 11) is 0. The van der Waals surface area contributed by atoms with Gasteiger partial charge in [-0.05, 0) is 49.4 Å². The largest absolute Gasteiger partial charge is 0.346 e. The van der Waals surface area contributed by atoms with Crippen molar-refractivity contribution in [1.29, 1.82) is 0 Å². The van der Waals surface area contributed by atoms with E-state index in [2.05, 4.69) is 19.2 Å². The van der Waals surface area contributed by atoms with Crippen molar-refractivity contribution in [3.8, 4) is 0 Å². The summed E-state index contributed by atoms with van der Waals surface area (Å²) < 4.78 is 0. The van der Waals surface area contributed by atoms with Crippen molar-refractivity contribution >= 4 is 11.7 Å². The first-order chi connectivity index (χ1) is 9.01. The van der Waals surface area contributed by atoms with Crippen LogP contribution in [0.15, 0.2) is 0 Å². The van der Waals surface area contributed by atoms with Crippen LogP contribution in [0.1, 0.15) is 73.6 Å². The van der Waals surface area contributed by atoms with Crippen molar-refractivity contribution in [2.45, 2.75) is 79.7 Å². The molecule has 1 aliphatic carbocycles. The smallest absolute Gasteiger partial charge is 0.220 e. The van der Waals surface area contributed by atoms with Gasteiger partial charge in [0, 0.05) is 6.42 Å². The molecule has 1 N–H and O–H groups in total. The van der Waals surface area contributed by atoms with Crippen LogP contribution in [-0.2, 0) is 9.59 Å². The predicted molar refractivity (Wildman–Crippen MR) is 82.4 cm³/mol. The highest BCUT2D eigenvalue weighted by Crippen LogP contribution is 2.39. The topological polar surface area (TPSA) is 46.2 Å². The Balaban J connectivity index is 2.49. The summed E-state index contributed by atoms with van der Waals surface area (Å²) in [5.41, 5.74) is 0.205. The van der Waals surface area contributed by atoms with Crippen molar-refractivity contribution in [2.24, 2.45) is 16.7 Å². The summed E-state index contributed by atoms with van der Waals surface area (Å²) in [5.74, 6) is 0.552. The second kappa shape index (κ2) is 6.28. The third kappa shape index (κ3) is 5.26. The van der Waals surface area contributed by atoms with E-state index in [1.807, 2.05) is 20.8 Å². The molecular weight excluding hydrogens is 250 g/mol. The second-order valence-corrected chi connectivity index (χ2v) is 8.29. The third-order valence-electron chi connectivity index (χ3n) is 4.51. The van der Waals surface area contributed by atoms with Gasteiger partial charge in [-0.3, -0.25) is 9.59 Å². The number of hydrogen-bond acceptors (Lipinski definition) is 2. The van der Waals surface area contributed by atoms with Crippen LogP contribution >= 0.6 is 0 Å². The molecule has 0 aromatic heterocycles. The molecule has 0 aromatic rings. The Hall–Kier alpha value is -0.860.